The Bertz CT molecular complexity index is 518. The lowest BCUT2D eigenvalue weighted by Gasteiger charge is -2.08. The SMILES string of the molecule is Clc1ccc(-c2c(I)[c]ccc2Cl)cc1Cl. The van der Waals surface area contributed by atoms with E-state index in [0.717, 1.165) is 14.7 Å². The Hall–Kier alpha value is 0.0400. The van der Waals surface area contributed by atoms with Crippen LogP contribution in [0, 0.1) is 9.64 Å². The third kappa shape index (κ3) is 2.48. The van der Waals surface area contributed by atoms with Crippen LogP contribution < -0.4 is 0 Å². The van der Waals surface area contributed by atoms with Crippen LogP contribution in [0.2, 0.25) is 15.1 Å². The molecule has 0 aliphatic carbocycles. The zero-order chi connectivity index (χ0) is 11.7. The van der Waals surface area contributed by atoms with E-state index in [-0.39, 0.29) is 0 Å². The van der Waals surface area contributed by atoms with Gasteiger partial charge in [0.2, 0.25) is 0 Å². The maximum atomic E-state index is 6.16. The molecule has 0 N–H and O–H groups in total. The van der Waals surface area contributed by atoms with Crippen LogP contribution in [0.5, 0.6) is 0 Å². The lowest BCUT2D eigenvalue weighted by Crippen LogP contribution is -1.85. The molecular weight excluding hydrogens is 377 g/mol. The van der Waals surface area contributed by atoms with Gasteiger partial charge < -0.3 is 0 Å². The summed E-state index contributed by atoms with van der Waals surface area (Å²) in [4.78, 5) is 0. The maximum Gasteiger partial charge on any atom is 0.0598 e. The van der Waals surface area contributed by atoms with E-state index in [0.29, 0.717) is 15.1 Å². The predicted octanol–water partition coefficient (Wildman–Crippen LogP) is 5.72. The first-order chi connectivity index (χ1) is 7.59. The van der Waals surface area contributed by atoms with Crippen molar-refractivity contribution in [3.8, 4) is 11.1 Å². The Morgan fingerprint density at radius 1 is 0.938 bits per heavy atom. The van der Waals surface area contributed by atoms with Crippen molar-refractivity contribution in [2.75, 3.05) is 0 Å². The highest BCUT2D eigenvalue weighted by Crippen LogP contribution is 2.35. The molecule has 4 heteroatoms. The number of halogens is 4. The van der Waals surface area contributed by atoms with Crippen molar-refractivity contribution in [3.05, 3.63) is 55.0 Å². The summed E-state index contributed by atoms with van der Waals surface area (Å²) in [6.45, 7) is 0. The summed E-state index contributed by atoms with van der Waals surface area (Å²) in [6, 6.07) is 12.2. The van der Waals surface area contributed by atoms with Gasteiger partial charge in [0.1, 0.15) is 0 Å². The summed E-state index contributed by atoms with van der Waals surface area (Å²) >= 11 is 20.2. The standard InChI is InChI=1S/C12H5Cl3I/c13-8-5-4-7(6-10(8)15)12-9(14)2-1-3-11(12)16/h1-2,4-6H. The van der Waals surface area contributed by atoms with Crippen LogP contribution in [0.1, 0.15) is 0 Å². The monoisotopic (exact) mass is 381 g/mol. The first kappa shape index (κ1) is 12.5. The molecule has 0 fully saturated rings. The van der Waals surface area contributed by atoms with Gasteiger partial charge >= 0.3 is 0 Å². The van der Waals surface area contributed by atoms with Crippen LogP contribution in [0.15, 0.2) is 30.3 Å². The average molecular weight is 382 g/mol. The third-order valence-corrected chi connectivity index (χ3v) is 4.01. The van der Waals surface area contributed by atoms with Crippen molar-refractivity contribution in [3.63, 3.8) is 0 Å². The van der Waals surface area contributed by atoms with Crippen LogP contribution >= 0.6 is 57.4 Å². The van der Waals surface area contributed by atoms with Gasteiger partial charge in [0.15, 0.2) is 0 Å². The molecule has 0 saturated carbocycles. The fourth-order valence-electron chi connectivity index (χ4n) is 1.36. The lowest BCUT2D eigenvalue weighted by molar-refractivity contribution is 1.57. The Morgan fingerprint density at radius 2 is 1.69 bits per heavy atom. The van der Waals surface area contributed by atoms with Gasteiger partial charge in [-0.25, -0.2) is 0 Å². The van der Waals surface area contributed by atoms with Crippen LogP contribution in [0.3, 0.4) is 0 Å². The van der Waals surface area contributed by atoms with E-state index in [4.69, 9.17) is 34.8 Å². The highest BCUT2D eigenvalue weighted by Gasteiger charge is 2.09. The molecule has 0 aliphatic rings. The predicted molar refractivity (Wildman–Crippen MR) is 78.5 cm³/mol. The summed E-state index contributed by atoms with van der Waals surface area (Å²) in [5.74, 6) is 0. The van der Waals surface area contributed by atoms with Gasteiger partial charge in [-0.2, -0.15) is 0 Å². The Morgan fingerprint density at radius 3 is 2.31 bits per heavy atom. The molecular formula is C12H5Cl3I. The molecule has 0 nitrogen and oxygen atoms in total. The Balaban J connectivity index is 2.63. The van der Waals surface area contributed by atoms with Gasteiger partial charge in [0.25, 0.3) is 0 Å². The van der Waals surface area contributed by atoms with Crippen molar-refractivity contribution < 1.29 is 0 Å². The second kappa shape index (κ2) is 5.13. The number of hydrogen-bond acceptors (Lipinski definition) is 0. The van der Waals surface area contributed by atoms with E-state index < -0.39 is 0 Å². The number of hydrogen-bond donors (Lipinski definition) is 0. The van der Waals surface area contributed by atoms with E-state index in [1.807, 2.05) is 12.1 Å². The molecule has 0 saturated heterocycles. The molecule has 1 radical (unpaired) electrons. The summed E-state index contributed by atoms with van der Waals surface area (Å²) in [5, 5.41) is 1.74. The molecule has 0 atom stereocenters. The quantitative estimate of drug-likeness (QED) is 0.554. The highest BCUT2D eigenvalue weighted by atomic mass is 127. The molecule has 0 bridgehead atoms. The van der Waals surface area contributed by atoms with Crippen molar-refractivity contribution in [1.82, 2.24) is 0 Å². The smallest absolute Gasteiger partial charge is 0.0598 e. The molecule has 16 heavy (non-hydrogen) atoms. The fourth-order valence-corrected chi connectivity index (χ4v) is 2.87. The van der Waals surface area contributed by atoms with E-state index >= 15 is 0 Å². The average Bonchev–Trinajstić information content (AvgIpc) is 2.23. The summed E-state index contributed by atoms with van der Waals surface area (Å²) in [5.41, 5.74) is 1.88. The first-order valence-electron chi connectivity index (χ1n) is 4.40. The minimum atomic E-state index is 0.523. The van der Waals surface area contributed by atoms with Crippen LogP contribution in [-0.2, 0) is 0 Å². The van der Waals surface area contributed by atoms with E-state index in [9.17, 15) is 0 Å². The molecule has 2 aromatic rings. The topological polar surface area (TPSA) is 0 Å². The van der Waals surface area contributed by atoms with Crippen molar-refractivity contribution in [1.29, 1.82) is 0 Å². The molecule has 2 aromatic carbocycles. The van der Waals surface area contributed by atoms with Gasteiger partial charge in [-0.1, -0.05) is 46.9 Å². The van der Waals surface area contributed by atoms with Crippen molar-refractivity contribution >= 4 is 57.4 Å². The van der Waals surface area contributed by atoms with Gasteiger partial charge in [0.05, 0.1) is 10.0 Å². The summed E-state index contributed by atoms with van der Waals surface area (Å²) < 4.78 is 0.962. The minimum absolute atomic E-state index is 0.523. The molecule has 2 rings (SSSR count). The summed E-state index contributed by atoms with van der Waals surface area (Å²) in [7, 11) is 0. The largest absolute Gasteiger partial charge is 0.0836 e. The maximum absolute atomic E-state index is 6.16. The normalized spacial score (nSPS) is 10.5. The molecule has 0 unspecified atom stereocenters. The molecule has 0 spiro atoms. The molecule has 0 amide bonds. The van der Waals surface area contributed by atoms with Crippen LogP contribution in [-0.4, -0.2) is 0 Å². The van der Waals surface area contributed by atoms with Gasteiger partial charge in [0, 0.05) is 14.2 Å². The number of rotatable bonds is 1. The van der Waals surface area contributed by atoms with Crippen LogP contribution in [0.25, 0.3) is 11.1 Å². The van der Waals surface area contributed by atoms with Crippen molar-refractivity contribution in [2.45, 2.75) is 0 Å². The highest BCUT2D eigenvalue weighted by molar-refractivity contribution is 14.1. The zero-order valence-electron chi connectivity index (χ0n) is 7.90. The van der Waals surface area contributed by atoms with E-state index in [1.54, 1.807) is 18.2 Å². The van der Waals surface area contributed by atoms with Gasteiger partial charge in [-0.3, -0.25) is 0 Å². The van der Waals surface area contributed by atoms with E-state index in [2.05, 4.69) is 28.7 Å². The Labute approximate surface area is 123 Å². The Kier molecular flexibility index (Phi) is 4.01. The first-order valence-corrected chi connectivity index (χ1v) is 6.62. The third-order valence-electron chi connectivity index (χ3n) is 2.11. The van der Waals surface area contributed by atoms with Gasteiger partial charge in [-0.05, 0) is 52.4 Å². The van der Waals surface area contributed by atoms with E-state index in [1.165, 1.54) is 0 Å². The van der Waals surface area contributed by atoms with Crippen LogP contribution in [0.4, 0.5) is 0 Å². The fraction of sp³-hybridized carbons (Fsp3) is 0. The molecule has 0 aliphatic heterocycles. The second-order valence-electron chi connectivity index (χ2n) is 3.14. The van der Waals surface area contributed by atoms with Gasteiger partial charge in [-0.15, -0.1) is 0 Å². The minimum Gasteiger partial charge on any atom is -0.0836 e. The molecule has 81 valence electrons. The lowest BCUT2D eigenvalue weighted by atomic mass is 10.1. The number of benzene rings is 2. The zero-order valence-corrected chi connectivity index (χ0v) is 12.3. The van der Waals surface area contributed by atoms with Crippen molar-refractivity contribution in [2.24, 2.45) is 0 Å². The second-order valence-corrected chi connectivity index (χ2v) is 5.44. The molecule has 0 heterocycles. The molecule has 0 aromatic heterocycles. The summed E-state index contributed by atoms with van der Waals surface area (Å²) in [6.07, 6.45) is 0.